The zero-order valence-electron chi connectivity index (χ0n) is 13.2. The van der Waals surface area contributed by atoms with Gasteiger partial charge in [-0.1, -0.05) is 60.7 Å². The summed E-state index contributed by atoms with van der Waals surface area (Å²) in [7, 11) is 0. The molecular formula is C21H17N2O+. The molecule has 0 amide bonds. The van der Waals surface area contributed by atoms with E-state index in [4.69, 9.17) is 4.74 Å². The third-order valence-corrected chi connectivity index (χ3v) is 3.87. The lowest BCUT2D eigenvalue weighted by Crippen LogP contribution is -2.33. The Morgan fingerprint density at radius 1 is 0.833 bits per heavy atom. The first-order valence-electron chi connectivity index (χ1n) is 7.92. The van der Waals surface area contributed by atoms with Crippen LogP contribution in [-0.4, -0.2) is 4.98 Å². The molecule has 116 valence electrons. The topological polar surface area (TPSA) is 26.0 Å². The molecule has 2 aliphatic rings. The van der Waals surface area contributed by atoms with Crippen LogP contribution in [0.4, 0.5) is 0 Å². The van der Waals surface area contributed by atoms with E-state index in [2.05, 4.69) is 33.8 Å². The summed E-state index contributed by atoms with van der Waals surface area (Å²) in [6.45, 7) is 0.790. The minimum Gasteiger partial charge on any atom is -0.434 e. The van der Waals surface area contributed by atoms with Gasteiger partial charge in [0.2, 0.25) is 6.20 Å². The molecular weight excluding hydrogens is 296 g/mol. The van der Waals surface area contributed by atoms with Gasteiger partial charge < -0.3 is 4.74 Å². The first kappa shape index (κ1) is 14.4. The van der Waals surface area contributed by atoms with Crippen LogP contribution in [0.25, 0.3) is 11.1 Å². The predicted molar refractivity (Wildman–Crippen MR) is 93.1 cm³/mol. The molecule has 0 aliphatic heterocycles. The standard InChI is InChI=1S/C21H17N2O/c1-3-7-17(8-4-1)15-23-12-11-22-21(16-23)24-20-13-18-9-5-2-6-10-19(18)14-20/h1-14,16H,15H2/q+1. The molecule has 0 unspecified atom stereocenters. The van der Waals surface area contributed by atoms with Crippen molar-refractivity contribution in [1.82, 2.24) is 4.98 Å². The molecule has 1 heterocycles. The number of hydrogen-bond donors (Lipinski definition) is 0. The number of hydrogen-bond acceptors (Lipinski definition) is 2. The molecule has 1 aromatic carbocycles. The van der Waals surface area contributed by atoms with Gasteiger partial charge in [-0.2, -0.15) is 4.57 Å². The van der Waals surface area contributed by atoms with Crippen molar-refractivity contribution in [3.8, 4) is 22.8 Å². The first-order chi connectivity index (χ1) is 11.9. The van der Waals surface area contributed by atoms with E-state index in [0.29, 0.717) is 5.88 Å². The SMILES string of the molecule is c1ccc(C[n+]2ccnc(Oc3cc4cccccc-4c3)c2)cc1. The van der Waals surface area contributed by atoms with Crippen LogP contribution in [0.3, 0.4) is 0 Å². The van der Waals surface area contributed by atoms with Gasteiger partial charge >= 0.3 is 0 Å². The third kappa shape index (κ3) is 3.25. The fourth-order valence-electron chi connectivity index (χ4n) is 2.72. The fourth-order valence-corrected chi connectivity index (χ4v) is 2.72. The smallest absolute Gasteiger partial charge is 0.285 e. The lowest BCUT2D eigenvalue weighted by Gasteiger charge is -2.01. The fraction of sp³-hybridized carbons (Fsp3) is 0.0476. The van der Waals surface area contributed by atoms with Crippen LogP contribution in [0, 0.1) is 0 Å². The summed E-state index contributed by atoms with van der Waals surface area (Å²) in [5.74, 6) is 1.40. The van der Waals surface area contributed by atoms with E-state index in [-0.39, 0.29) is 0 Å². The average Bonchev–Trinajstić information content (AvgIpc) is 2.84. The van der Waals surface area contributed by atoms with Gasteiger partial charge in [0.05, 0.1) is 6.20 Å². The molecule has 0 atom stereocenters. The molecule has 0 fully saturated rings. The largest absolute Gasteiger partial charge is 0.434 e. The summed E-state index contributed by atoms with van der Waals surface area (Å²) in [6, 6.07) is 24.6. The van der Waals surface area contributed by atoms with E-state index in [1.807, 2.05) is 60.9 Å². The van der Waals surface area contributed by atoms with Crippen LogP contribution in [0.15, 0.2) is 91.4 Å². The number of fused-ring (bicyclic) bond motifs is 1. The van der Waals surface area contributed by atoms with Crippen molar-refractivity contribution in [3.05, 3.63) is 97.0 Å². The van der Waals surface area contributed by atoms with E-state index in [0.717, 1.165) is 23.4 Å². The molecule has 0 bridgehead atoms. The van der Waals surface area contributed by atoms with Crippen molar-refractivity contribution in [2.75, 3.05) is 0 Å². The number of nitrogens with zero attached hydrogens (tertiary/aromatic N) is 2. The molecule has 24 heavy (non-hydrogen) atoms. The maximum absolute atomic E-state index is 5.94. The monoisotopic (exact) mass is 313 g/mol. The highest BCUT2D eigenvalue weighted by molar-refractivity contribution is 5.70. The second-order valence-electron chi connectivity index (χ2n) is 5.67. The minimum atomic E-state index is 0.591. The molecule has 0 spiro atoms. The van der Waals surface area contributed by atoms with Crippen LogP contribution >= 0.6 is 0 Å². The summed E-state index contributed by atoms with van der Waals surface area (Å²) in [5.41, 5.74) is 3.55. The molecule has 0 radical (unpaired) electrons. The number of benzene rings is 1. The van der Waals surface area contributed by atoms with Gasteiger partial charge in [0, 0.05) is 5.56 Å². The van der Waals surface area contributed by atoms with Crippen molar-refractivity contribution in [2.45, 2.75) is 6.54 Å². The highest BCUT2D eigenvalue weighted by Gasteiger charge is 2.10. The van der Waals surface area contributed by atoms with Gasteiger partial charge in [-0.25, -0.2) is 4.98 Å². The Morgan fingerprint density at radius 2 is 1.50 bits per heavy atom. The van der Waals surface area contributed by atoms with Gasteiger partial charge in [0.1, 0.15) is 5.75 Å². The Labute approximate surface area is 141 Å². The minimum absolute atomic E-state index is 0.591. The van der Waals surface area contributed by atoms with E-state index in [1.54, 1.807) is 6.20 Å². The van der Waals surface area contributed by atoms with Crippen molar-refractivity contribution >= 4 is 0 Å². The normalized spacial score (nSPS) is 10.7. The Morgan fingerprint density at radius 3 is 2.21 bits per heavy atom. The third-order valence-electron chi connectivity index (χ3n) is 3.87. The van der Waals surface area contributed by atoms with Crippen LogP contribution in [0.2, 0.25) is 0 Å². The van der Waals surface area contributed by atoms with Gasteiger partial charge in [-0.15, -0.1) is 0 Å². The second kappa shape index (κ2) is 6.50. The number of aromatic nitrogens is 2. The van der Waals surface area contributed by atoms with Crippen molar-refractivity contribution < 1.29 is 9.30 Å². The molecule has 3 nitrogen and oxygen atoms in total. The Bertz CT molecular complexity index is 891. The van der Waals surface area contributed by atoms with E-state index in [9.17, 15) is 0 Å². The molecule has 0 N–H and O–H groups in total. The van der Waals surface area contributed by atoms with Gasteiger partial charge in [-0.3, -0.25) is 0 Å². The number of ether oxygens (including phenoxy) is 1. The summed E-state index contributed by atoms with van der Waals surface area (Å²) >= 11 is 0. The van der Waals surface area contributed by atoms with E-state index >= 15 is 0 Å². The lowest BCUT2D eigenvalue weighted by atomic mass is 10.2. The van der Waals surface area contributed by atoms with Crippen LogP contribution in [0.5, 0.6) is 11.6 Å². The van der Waals surface area contributed by atoms with Gasteiger partial charge in [0.15, 0.2) is 12.7 Å². The van der Waals surface area contributed by atoms with Gasteiger partial charge in [-0.05, 0) is 23.3 Å². The first-order valence-corrected chi connectivity index (χ1v) is 7.92. The molecule has 0 saturated carbocycles. The molecule has 4 rings (SSSR count). The second-order valence-corrected chi connectivity index (χ2v) is 5.67. The molecule has 2 aromatic rings. The highest BCUT2D eigenvalue weighted by Crippen LogP contribution is 2.31. The van der Waals surface area contributed by atoms with E-state index in [1.165, 1.54) is 5.56 Å². The Kier molecular flexibility index (Phi) is 3.90. The van der Waals surface area contributed by atoms with Crippen molar-refractivity contribution in [2.24, 2.45) is 0 Å². The molecule has 1 aromatic heterocycles. The van der Waals surface area contributed by atoms with Crippen LogP contribution in [-0.2, 0) is 6.54 Å². The Hall–Kier alpha value is -3.20. The van der Waals surface area contributed by atoms with Gasteiger partial charge in [0.25, 0.3) is 5.88 Å². The summed E-state index contributed by atoms with van der Waals surface area (Å²) in [6.07, 6.45) is 5.63. The summed E-state index contributed by atoms with van der Waals surface area (Å²) < 4.78 is 8.01. The summed E-state index contributed by atoms with van der Waals surface area (Å²) in [4.78, 5) is 4.32. The molecule has 3 heteroatoms. The van der Waals surface area contributed by atoms with Crippen LogP contribution in [0.1, 0.15) is 5.56 Å². The predicted octanol–water partition coefficient (Wildman–Crippen LogP) is 4.31. The van der Waals surface area contributed by atoms with Crippen molar-refractivity contribution in [1.29, 1.82) is 0 Å². The summed E-state index contributed by atoms with van der Waals surface area (Å²) in [5, 5.41) is 0. The quantitative estimate of drug-likeness (QED) is 0.525. The maximum atomic E-state index is 5.94. The number of rotatable bonds is 4. The van der Waals surface area contributed by atoms with E-state index < -0.39 is 0 Å². The lowest BCUT2D eigenvalue weighted by molar-refractivity contribution is -0.689. The highest BCUT2D eigenvalue weighted by atomic mass is 16.5. The molecule has 0 saturated heterocycles. The zero-order valence-corrected chi connectivity index (χ0v) is 13.2. The maximum Gasteiger partial charge on any atom is 0.285 e. The van der Waals surface area contributed by atoms with Crippen LogP contribution < -0.4 is 9.30 Å². The Balaban J connectivity index is 1.56. The average molecular weight is 313 g/mol. The van der Waals surface area contributed by atoms with Crippen molar-refractivity contribution in [3.63, 3.8) is 0 Å². The molecule has 2 aliphatic carbocycles. The zero-order chi connectivity index (χ0) is 16.2.